The van der Waals surface area contributed by atoms with Gasteiger partial charge in [-0.3, -0.25) is 9.78 Å². The Balaban J connectivity index is 1.49. The molecule has 4 heteroatoms. The van der Waals surface area contributed by atoms with Gasteiger partial charge in [0.15, 0.2) is 0 Å². The van der Waals surface area contributed by atoms with Crippen molar-refractivity contribution in [1.82, 2.24) is 10.4 Å². The van der Waals surface area contributed by atoms with E-state index in [0.29, 0.717) is 0 Å². The quantitative estimate of drug-likeness (QED) is 0.450. The second-order valence-corrected chi connectivity index (χ2v) is 6.03. The second kappa shape index (κ2) is 7.15. The lowest BCUT2D eigenvalue weighted by Gasteiger charge is -2.05. The molecular formula is C22H17N3O. The molecule has 0 bridgehead atoms. The Kier molecular flexibility index (Phi) is 4.39. The van der Waals surface area contributed by atoms with Crippen molar-refractivity contribution in [2.24, 2.45) is 5.10 Å². The SMILES string of the molecule is O=C(Cc1cccc2ccccc12)N/N=C\c1cccc2cccnc12. The molecule has 0 atom stereocenters. The first-order valence-electron chi connectivity index (χ1n) is 8.43. The third-order valence-corrected chi connectivity index (χ3v) is 4.29. The fourth-order valence-electron chi connectivity index (χ4n) is 3.06. The lowest BCUT2D eigenvalue weighted by molar-refractivity contribution is -0.120. The van der Waals surface area contributed by atoms with E-state index in [-0.39, 0.29) is 12.3 Å². The van der Waals surface area contributed by atoms with E-state index in [9.17, 15) is 4.79 Å². The maximum absolute atomic E-state index is 12.3. The lowest BCUT2D eigenvalue weighted by Crippen LogP contribution is -2.19. The molecular weight excluding hydrogens is 322 g/mol. The molecule has 0 fully saturated rings. The third kappa shape index (κ3) is 3.30. The predicted molar refractivity (Wildman–Crippen MR) is 105 cm³/mol. The Morgan fingerprint density at radius 3 is 2.65 bits per heavy atom. The number of nitrogens with zero attached hydrogens (tertiary/aromatic N) is 2. The molecule has 0 aliphatic heterocycles. The van der Waals surface area contributed by atoms with E-state index in [4.69, 9.17) is 0 Å². The Hall–Kier alpha value is -3.53. The number of fused-ring (bicyclic) bond motifs is 2. The van der Waals surface area contributed by atoms with Crippen LogP contribution in [0.1, 0.15) is 11.1 Å². The summed E-state index contributed by atoms with van der Waals surface area (Å²) < 4.78 is 0. The van der Waals surface area contributed by atoms with E-state index in [1.807, 2.05) is 72.8 Å². The first-order chi connectivity index (χ1) is 12.8. The van der Waals surface area contributed by atoms with Crippen LogP contribution in [0.4, 0.5) is 0 Å². The number of pyridine rings is 1. The molecule has 4 nitrogen and oxygen atoms in total. The molecule has 0 spiro atoms. The third-order valence-electron chi connectivity index (χ3n) is 4.29. The first kappa shape index (κ1) is 16.0. The van der Waals surface area contributed by atoms with Crippen LogP contribution in [-0.2, 0) is 11.2 Å². The zero-order valence-electron chi connectivity index (χ0n) is 14.1. The van der Waals surface area contributed by atoms with E-state index >= 15 is 0 Å². The number of hydrogen-bond donors (Lipinski definition) is 1. The highest BCUT2D eigenvalue weighted by Crippen LogP contribution is 2.19. The molecule has 0 saturated carbocycles. The number of carbonyl (C=O) groups excluding carboxylic acids is 1. The number of rotatable bonds is 4. The standard InChI is InChI=1S/C22H17N3O/c26-21(14-18-9-3-7-16-6-1-2-12-20(16)18)25-24-15-19-10-4-8-17-11-5-13-23-22(17)19/h1-13,15H,14H2,(H,25,26)/b24-15-. The van der Waals surface area contributed by atoms with Crippen molar-refractivity contribution in [2.45, 2.75) is 6.42 Å². The van der Waals surface area contributed by atoms with Crippen molar-refractivity contribution in [3.63, 3.8) is 0 Å². The zero-order valence-corrected chi connectivity index (χ0v) is 14.1. The highest BCUT2D eigenvalue weighted by atomic mass is 16.2. The molecule has 0 unspecified atom stereocenters. The summed E-state index contributed by atoms with van der Waals surface area (Å²) in [5, 5.41) is 7.36. The van der Waals surface area contributed by atoms with Gasteiger partial charge in [-0.05, 0) is 22.4 Å². The number of para-hydroxylation sites is 1. The van der Waals surface area contributed by atoms with Crippen molar-refractivity contribution in [2.75, 3.05) is 0 Å². The average Bonchev–Trinajstić information content (AvgIpc) is 2.68. The summed E-state index contributed by atoms with van der Waals surface area (Å²) in [5.41, 5.74) is 5.33. The van der Waals surface area contributed by atoms with Gasteiger partial charge in [-0.2, -0.15) is 5.10 Å². The zero-order chi connectivity index (χ0) is 17.8. The van der Waals surface area contributed by atoms with Gasteiger partial charge in [-0.25, -0.2) is 5.43 Å². The van der Waals surface area contributed by atoms with Crippen molar-refractivity contribution >= 4 is 33.8 Å². The predicted octanol–water partition coefficient (Wildman–Crippen LogP) is 4.08. The molecule has 26 heavy (non-hydrogen) atoms. The van der Waals surface area contributed by atoms with Gasteiger partial charge < -0.3 is 0 Å². The molecule has 1 amide bonds. The minimum absolute atomic E-state index is 0.147. The van der Waals surface area contributed by atoms with Gasteiger partial charge in [-0.1, -0.05) is 66.7 Å². The monoisotopic (exact) mass is 339 g/mol. The maximum atomic E-state index is 12.3. The Morgan fingerprint density at radius 2 is 1.69 bits per heavy atom. The van der Waals surface area contributed by atoms with Gasteiger partial charge in [0.1, 0.15) is 0 Å². The molecule has 3 aromatic carbocycles. The van der Waals surface area contributed by atoms with E-state index in [2.05, 4.69) is 15.5 Å². The molecule has 0 saturated heterocycles. The summed E-state index contributed by atoms with van der Waals surface area (Å²) in [6.07, 6.45) is 3.67. The molecule has 1 heterocycles. The number of nitrogens with one attached hydrogen (secondary N) is 1. The smallest absolute Gasteiger partial charge is 0.244 e. The molecule has 4 rings (SSSR count). The topological polar surface area (TPSA) is 54.4 Å². The molecule has 0 aliphatic rings. The molecule has 126 valence electrons. The summed E-state index contributed by atoms with van der Waals surface area (Å²) in [7, 11) is 0. The number of aromatic nitrogens is 1. The van der Waals surface area contributed by atoms with Crippen LogP contribution in [0.3, 0.4) is 0 Å². The van der Waals surface area contributed by atoms with E-state index in [1.54, 1.807) is 12.4 Å². The Labute approximate surface area is 151 Å². The highest BCUT2D eigenvalue weighted by Gasteiger charge is 2.06. The fourth-order valence-corrected chi connectivity index (χ4v) is 3.06. The number of benzene rings is 3. The lowest BCUT2D eigenvalue weighted by atomic mass is 10.0. The second-order valence-electron chi connectivity index (χ2n) is 6.03. The maximum Gasteiger partial charge on any atom is 0.244 e. The van der Waals surface area contributed by atoms with Gasteiger partial charge in [0, 0.05) is 17.1 Å². The van der Waals surface area contributed by atoms with Crippen molar-refractivity contribution in [3.05, 3.63) is 90.1 Å². The van der Waals surface area contributed by atoms with Gasteiger partial charge in [0.2, 0.25) is 5.91 Å². The average molecular weight is 339 g/mol. The van der Waals surface area contributed by atoms with Crippen LogP contribution in [0.5, 0.6) is 0 Å². The van der Waals surface area contributed by atoms with E-state index in [1.165, 1.54) is 0 Å². The van der Waals surface area contributed by atoms with Crippen LogP contribution in [0.15, 0.2) is 84.1 Å². The number of hydrogen-bond acceptors (Lipinski definition) is 3. The summed E-state index contributed by atoms with van der Waals surface area (Å²) in [4.78, 5) is 16.6. The van der Waals surface area contributed by atoms with Crippen LogP contribution in [-0.4, -0.2) is 17.1 Å². The Morgan fingerprint density at radius 1 is 0.923 bits per heavy atom. The number of carbonyl (C=O) groups is 1. The van der Waals surface area contributed by atoms with Crippen molar-refractivity contribution in [3.8, 4) is 0 Å². The molecule has 4 aromatic rings. The van der Waals surface area contributed by atoms with Crippen LogP contribution in [0.2, 0.25) is 0 Å². The summed E-state index contributed by atoms with van der Waals surface area (Å²) in [6.45, 7) is 0. The number of amides is 1. The van der Waals surface area contributed by atoms with Gasteiger partial charge in [0.25, 0.3) is 0 Å². The van der Waals surface area contributed by atoms with Crippen LogP contribution >= 0.6 is 0 Å². The van der Waals surface area contributed by atoms with Crippen LogP contribution in [0.25, 0.3) is 21.7 Å². The normalized spacial score (nSPS) is 11.2. The van der Waals surface area contributed by atoms with Gasteiger partial charge in [-0.15, -0.1) is 0 Å². The van der Waals surface area contributed by atoms with Crippen LogP contribution in [0, 0.1) is 0 Å². The highest BCUT2D eigenvalue weighted by molar-refractivity contribution is 5.97. The minimum Gasteiger partial charge on any atom is -0.273 e. The molecule has 0 radical (unpaired) electrons. The van der Waals surface area contributed by atoms with Crippen LogP contribution < -0.4 is 5.43 Å². The Bertz CT molecular complexity index is 1110. The molecule has 1 aromatic heterocycles. The largest absolute Gasteiger partial charge is 0.273 e. The van der Waals surface area contributed by atoms with Crippen molar-refractivity contribution < 1.29 is 4.79 Å². The van der Waals surface area contributed by atoms with E-state index in [0.717, 1.165) is 32.8 Å². The van der Waals surface area contributed by atoms with Gasteiger partial charge in [0.05, 0.1) is 18.2 Å². The van der Waals surface area contributed by atoms with E-state index < -0.39 is 0 Å². The van der Waals surface area contributed by atoms with Gasteiger partial charge >= 0.3 is 0 Å². The fraction of sp³-hybridized carbons (Fsp3) is 0.0455. The summed E-state index contributed by atoms with van der Waals surface area (Å²) in [6, 6.07) is 23.8. The minimum atomic E-state index is -0.147. The van der Waals surface area contributed by atoms with Crippen molar-refractivity contribution in [1.29, 1.82) is 0 Å². The molecule has 1 N–H and O–H groups in total. The summed E-state index contributed by atoms with van der Waals surface area (Å²) >= 11 is 0. The summed E-state index contributed by atoms with van der Waals surface area (Å²) in [5.74, 6) is -0.147. The first-order valence-corrected chi connectivity index (χ1v) is 8.43. The molecule has 0 aliphatic carbocycles. The number of hydrazone groups is 1.